The van der Waals surface area contributed by atoms with Gasteiger partial charge in [-0.3, -0.25) is 4.79 Å². The summed E-state index contributed by atoms with van der Waals surface area (Å²) in [5.41, 5.74) is 6.89. The minimum absolute atomic E-state index is 0.126. The fourth-order valence-corrected chi connectivity index (χ4v) is 6.66. The van der Waals surface area contributed by atoms with Gasteiger partial charge in [-0.05, 0) is 79.4 Å². The number of hydrogen-bond donors (Lipinski definition) is 1. The van der Waals surface area contributed by atoms with Crippen molar-refractivity contribution in [3.8, 4) is 0 Å². The number of nitrogens with one attached hydrogen (secondary N) is 1. The van der Waals surface area contributed by atoms with Crippen LogP contribution in [0.25, 0.3) is 0 Å². The first-order valence-corrected chi connectivity index (χ1v) is 13.9. The average molecular weight is 510 g/mol. The van der Waals surface area contributed by atoms with Crippen LogP contribution < -0.4 is 5.32 Å². The number of aryl methyl sites for hydroxylation is 1. The van der Waals surface area contributed by atoms with Gasteiger partial charge in [-0.15, -0.1) is 0 Å². The second-order valence-corrected chi connectivity index (χ2v) is 12.1. The lowest BCUT2D eigenvalue weighted by molar-refractivity contribution is -0.113. The van der Waals surface area contributed by atoms with Crippen LogP contribution in [0.1, 0.15) is 75.7 Å². The van der Waals surface area contributed by atoms with E-state index in [0.717, 1.165) is 36.9 Å². The van der Waals surface area contributed by atoms with Crippen LogP contribution in [-0.4, -0.2) is 18.0 Å². The highest BCUT2D eigenvalue weighted by molar-refractivity contribution is 6.04. The molecule has 0 radical (unpaired) electrons. The monoisotopic (exact) mass is 509 g/mol. The molecule has 4 heteroatoms. The zero-order valence-corrected chi connectivity index (χ0v) is 23.3. The van der Waals surface area contributed by atoms with Gasteiger partial charge in [-0.25, -0.2) is 4.79 Å². The summed E-state index contributed by atoms with van der Waals surface area (Å²) in [6, 6.07) is 17.0. The number of benzene rings is 2. The van der Waals surface area contributed by atoms with E-state index < -0.39 is 6.10 Å². The lowest BCUT2D eigenvalue weighted by atomic mass is 9.57. The third-order valence-electron chi connectivity index (χ3n) is 9.04. The minimum Gasteiger partial charge on any atom is -0.457 e. The molecule has 0 aliphatic heterocycles. The van der Waals surface area contributed by atoms with Crippen LogP contribution in [0.3, 0.4) is 0 Å². The number of ether oxygens (including phenoxy) is 1. The number of anilines is 1. The largest absolute Gasteiger partial charge is 0.457 e. The quantitative estimate of drug-likeness (QED) is 0.416. The van der Waals surface area contributed by atoms with Crippen LogP contribution in [-0.2, 0) is 9.53 Å². The Hall–Kier alpha value is -3.40. The molecule has 3 aliphatic carbocycles. The summed E-state index contributed by atoms with van der Waals surface area (Å²) in [4.78, 5) is 26.9. The van der Waals surface area contributed by atoms with Crippen molar-refractivity contribution >= 4 is 17.6 Å². The van der Waals surface area contributed by atoms with Gasteiger partial charge in [-0.2, -0.15) is 0 Å². The molecule has 2 aromatic carbocycles. The molecule has 1 N–H and O–H groups in total. The highest BCUT2D eigenvalue weighted by atomic mass is 16.5. The normalized spacial score (nSPS) is 26.6. The zero-order valence-electron chi connectivity index (χ0n) is 23.3. The Bertz CT molecular complexity index is 1350. The van der Waals surface area contributed by atoms with E-state index in [-0.39, 0.29) is 22.7 Å². The van der Waals surface area contributed by atoms with Crippen LogP contribution >= 0.6 is 0 Å². The second kappa shape index (κ2) is 10.1. The van der Waals surface area contributed by atoms with Crippen LogP contribution in [0, 0.1) is 23.7 Å². The summed E-state index contributed by atoms with van der Waals surface area (Å²) in [5.74, 6) is -0.0302. The summed E-state index contributed by atoms with van der Waals surface area (Å²) in [5, 5.41) is 3.04. The van der Waals surface area contributed by atoms with Gasteiger partial charge in [0.1, 0.15) is 6.10 Å². The first kappa shape index (κ1) is 26.2. The highest BCUT2D eigenvalue weighted by Gasteiger charge is 2.53. The van der Waals surface area contributed by atoms with Crippen molar-refractivity contribution in [1.82, 2.24) is 0 Å². The number of hydrogen-bond acceptors (Lipinski definition) is 3. The van der Waals surface area contributed by atoms with Gasteiger partial charge in [-0.1, -0.05) is 81.3 Å². The van der Waals surface area contributed by atoms with Gasteiger partial charge in [0.05, 0.1) is 5.56 Å². The van der Waals surface area contributed by atoms with Gasteiger partial charge in [0.15, 0.2) is 0 Å². The first-order chi connectivity index (χ1) is 18.1. The SMILES string of the molecule is Cc1cccc(C(=O)OC2CC(C(=O)Nc3ccccc3)=CC=C3C4=C(C(C)C)CC[C@]4(C)CC[C@]32C)c1. The number of para-hydroxylation sites is 1. The van der Waals surface area contributed by atoms with Crippen molar-refractivity contribution in [3.05, 3.63) is 100 Å². The van der Waals surface area contributed by atoms with E-state index in [9.17, 15) is 9.59 Å². The summed E-state index contributed by atoms with van der Waals surface area (Å²) in [6.45, 7) is 11.2. The summed E-state index contributed by atoms with van der Waals surface area (Å²) >= 11 is 0. The maximum Gasteiger partial charge on any atom is 0.338 e. The molecular weight excluding hydrogens is 470 g/mol. The van der Waals surface area contributed by atoms with E-state index in [4.69, 9.17) is 4.74 Å². The topological polar surface area (TPSA) is 55.4 Å². The first-order valence-electron chi connectivity index (χ1n) is 13.9. The molecule has 38 heavy (non-hydrogen) atoms. The van der Waals surface area contributed by atoms with Gasteiger partial charge >= 0.3 is 5.97 Å². The lowest BCUT2D eigenvalue weighted by Gasteiger charge is -2.48. The van der Waals surface area contributed by atoms with E-state index in [2.05, 4.69) is 39.1 Å². The molecule has 198 valence electrons. The van der Waals surface area contributed by atoms with Crippen LogP contribution in [0.4, 0.5) is 5.69 Å². The molecule has 3 aliphatic rings. The predicted molar refractivity (Wildman–Crippen MR) is 153 cm³/mol. The number of amides is 1. The maximum absolute atomic E-state index is 13.5. The smallest absolute Gasteiger partial charge is 0.338 e. The van der Waals surface area contributed by atoms with E-state index in [1.54, 1.807) is 6.07 Å². The van der Waals surface area contributed by atoms with Crippen LogP contribution in [0.2, 0.25) is 0 Å². The summed E-state index contributed by atoms with van der Waals surface area (Å²) in [7, 11) is 0. The minimum atomic E-state index is -0.455. The van der Waals surface area contributed by atoms with E-state index >= 15 is 0 Å². The number of esters is 1. The average Bonchev–Trinajstić information content (AvgIpc) is 3.17. The molecule has 0 aromatic heterocycles. The molecule has 0 heterocycles. The molecule has 1 amide bonds. The molecule has 0 saturated heterocycles. The molecule has 3 atom stereocenters. The maximum atomic E-state index is 13.5. The number of rotatable bonds is 5. The van der Waals surface area contributed by atoms with Gasteiger partial charge < -0.3 is 10.1 Å². The Morgan fingerprint density at radius 1 is 0.974 bits per heavy atom. The summed E-state index contributed by atoms with van der Waals surface area (Å²) in [6.07, 6.45) is 8.28. The van der Waals surface area contributed by atoms with E-state index in [1.165, 1.54) is 16.7 Å². The fourth-order valence-electron chi connectivity index (χ4n) is 6.66. The lowest BCUT2D eigenvalue weighted by Crippen LogP contribution is -2.44. The molecule has 1 unspecified atom stereocenters. The van der Waals surface area contributed by atoms with Crippen molar-refractivity contribution < 1.29 is 14.3 Å². The molecule has 1 fully saturated rings. The molecular formula is C34H39NO3. The van der Waals surface area contributed by atoms with E-state index in [0.29, 0.717) is 23.5 Å². The second-order valence-electron chi connectivity index (χ2n) is 12.1. The third kappa shape index (κ3) is 4.77. The Morgan fingerprint density at radius 3 is 2.45 bits per heavy atom. The van der Waals surface area contributed by atoms with E-state index in [1.807, 2.05) is 61.5 Å². The molecule has 4 nitrogen and oxygen atoms in total. The molecule has 2 aromatic rings. The van der Waals surface area contributed by atoms with Crippen molar-refractivity contribution in [2.75, 3.05) is 5.32 Å². The Kier molecular flexibility index (Phi) is 6.94. The van der Waals surface area contributed by atoms with Crippen molar-refractivity contribution in [1.29, 1.82) is 0 Å². The van der Waals surface area contributed by atoms with Gasteiger partial charge in [0.25, 0.3) is 5.91 Å². The molecule has 0 spiro atoms. The van der Waals surface area contributed by atoms with Gasteiger partial charge in [0, 0.05) is 23.1 Å². The highest BCUT2D eigenvalue weighted by Crippen LogP contribution is 2.62. The van der Waals surface area contributed by atoms with Gasteiger partial charge in [0.2, 0.25) is 0 Å². The predicted octanol–water partition coefficient (Wildman–Crippen LogP) is 7.97. The Labute approximate surface area is 226 Å². The molecule has 5 rings (SSSR count). The summed E-state index contributed by atoms with van der Waals surface area (Å²) < 4.78 is 6.37. The number of carbonyl (C=O) groups is 2. The number of fused-ring (bicyclic) bond motifs is 3. The third-order valence-corrected chi connectivity index (χ3v) is 9.04. The van der Waals surface area contributed by atoms with Crippen LogP contribution in [0.15, 0.2) is 89.0 Å². The fraction of sp³-hybridized carbons (Fsp3) is 0.412. The van der Waals surface area contributed by atoms with Crippen molar-refractivity contribution in [3.63, 3.8) is 0 Å². The standard InChI is InChI=1S/C34H39NO3/c1-22(2)27-16-17-33(4)18-19-34(5)28(30(27)33)15-14-24(31(36)35-26-12-7-6-8-13-26)21-29(34)38-32(37)25-11-9-10-23(3)20-25/h6-15,20,22,29H,16-19,21H2,1-5H3,(H,35,36)/t29?,33-,34-/m1/s1. The molecule has 0 bridgehead atoms. The van der Waals surface area contributed by atoms with Crippen LogP contribution in [0.5, 0.6) is 0 Å². The number of allylic oxidation sites excluding steroid dienone is 4. The Morgan fingerprint density at radius 2 is 1.74 bits per heavy atom. The Balaban J connectivity index is 1.57. The molecule has 1 saturated carbocycles. The zero-order chi connectivity index (χ0) is 27.1. The van der Waals surface area contributed by atoms with Crippen molar-refractivity contribution in [2.24, 2.45) is 16.7 Å². The number of carbonyl (C=O) groups excluding carboxylic acids is 2. The van der Waals surface area contributed by atoms with Crippen molar-refractivity contribution in [2.45, 2.75) is 72.8 Å².